The minimum atomic E-state index is -1.68. The number of rotatable bonds is 7. The molecule has 0 radical (unpaired) electrons. The molecular formula is C27H32F2N2O5S. The third kappa shape index (κ3) is 5.58. The molecule has 1 saturated carbocycles. The number of fused-ring (bicyclic) bond motifs is 1. The van der Waals surface area contributed by atoms with Crippen molar-refractivity contribution in [3.05, 3.63) is 53.1 Å². The largest absolute Gasteiger partial charge is 0.497 e. The quantitative estimate of drug-likeness (QED) is 0.542. The number of carboxylic acid groups (broad SMARTS) is 1. The number of aliphatic carboxylic acids is 1. The van der Waals surface area contributed by atoms with E-state index in [0.717, 1.165) is 17.7 Å². The van der Waals surface area contributed by atoms with Crippen LogP contribution in [0.2, 0.25) is 0 Å². The molecule has 7 nitrogen and oxygen atoms in total. The molecule has 2 aliphatic rings. The minimum Gasteiger partial charge on any atom is -0.497 e. The summed E-state index contributed by atoms with van der Waals surface area (Å²) in [5.41, 5.74) is 1.45. The zero-order chi connectivity index (χ0) is 27.1. The molecule has 0 saturated heterocycles. The molecule has 0 unspecified atom stereocenters. The number of halogens is 2. The average molecular weight is 535 g/mol. The van der Waals surface area contributed by atoms with Crippen LogP contribution in [0.4, 0.5) is 14.5 Å². The van der Waals surface area contributed by atoms with Crippen LogP contribution in [0.25, 0.3) is 0 Å². The predicted octanol–water partition coefficient (Wildman–Crippen LogP) is 4.59. The Balaban J connectivity index is 1.62. The van der Waals surface area contributed by atoms with Gasteiger partial charge in [0.15, 0.2) is 0 Å². The number of hydrogen-bond donors (Lipinski definition) is 2. The van der Waals surface area contributed by atoms with Gasteiger partial charge in [0, 0.05) is 24.6 Å². The summed E-state index contributed by atoms with van der Waals surface area (Å²) in [6.45, 7) is 0.284. The number of anilines is 1. The monoisotopic (exact) mass is 534 g/mol. The first-order valence-electron chi connectivity index (χ1n) is 12.1. The van der Waals surface area contributed by atoms with E-state index in [2.05, 4.69) is 5.32 Å². The van der Waals surface area contributed by atoms with E-state index >= 15 is 0 Å². The zero-order valence-corrected chi connectivity index (χ0v) is 22.2. The molecule has 2 N–H and O–H groups in total. The number of amides is 2. The summed E-state index contributed by atoms with van der Waals surface area (Å²) >= 11 is 0. The molecule has 1 fully saturated rings. The van der Waals surface area contributed by atoms with Gasteiger partial charge < -0.3 is 20.1 Å². The Morgan fingerprint density at radius 2 is 1.76 bits per heavy atom. The lowest BCUT2D eigenvalue weighted by Gasteiger charge is -2.42. The average Bonchev–Trinajstić information content (AvgIpc) is 2.77. The normalized spacial score (nSPS) is 21.5. The second-order valence-corrected chi connectivity index (χ2v) is 14.6. The SMILES string of the molecule is COc1ccc2c(c1)CCN(C(=O)[C@H]1C[C@H](CC(=O)O)C1)[C@H]2C(=O)Nc1cc(F)c(S(C)(C)C)c(F)c1. The number of nitrogens with zero attached hydrogens (tertiary/aromatic N) is 1. The van der Waals surface area contributed by atoms with Crippen molar-refractivity contribution in [2.45, 2.75) is 36.6 Å². The second-order valence-electron chi connectivity index (χ2n) is 10.5. The van der Waals surface area contributed by atoms with E-state index in [1.807, 2.05) is 6.07 Å². The first-order chi connectivity index (χ1) is 17.4. The molecule has 4 rings (SSSR count). The highest BCUT2D eigenvalue weighted by atomic mass is 32.3. The molecule has 0 bridgehead atoms. The lowest BCUT2D eigenvalue weighted by molar-refractivity contribution is -0.149. The van der Waals surface area contributed by atoms with Gasteiger partial charge in [-0.25, -0.2) is 18.8 Å². The molecule has 1 atom stereocenters. The van der Waals surface area contributed by atoms with E-state index in [4.69, 9.17) is 9.84 Å². The fourth-order valence-electron chi connectivity index (χ4n) is 5.26. The Hall–Kier alpha value is -3.14. The van der Waals surface area contributed by atoms with Gasteiger partial charge in [0.05, 0.1) is 12.0 Å². The Morgan fingerprint density at radius 3 is 2.32 bits per heavy atom. The van der Waals surface area contributed by atoms with Gasteiger partial charge in [-0.15, -0.1) is 0 Å². The minimum absolute atomic E-state index is 0.0123. The Morgan fingerprint density at radius 1 is 1.11 bits per heavy atom. The van der Waals surface area contributed by atoms with Crippen molar-refractivity contribution in [1.29, 1.82) is 0 Å². The standard InChI is InChI=1S/C27H32F2N2O5S/c1-36-19-5-6-20-16(12-19)7-8-31(27(35)17-9-15(10-17)11-23(32)33)24(20)26(34)30-18-13-21(28)25(22(29)14-18)37(2,3)4/h5-6,12-15,17,24H,7-11H2,1-4H3,(H,30,34)(H,32,33)/t15-,17-,24-/m1/s1. The molecular weight excluding hydrogens is 502 g/mol. The van der Waals surface area contributed by atoms with E-state index < -0.39 is 39.6 Å². The smallest absolute Gasteiger partial charge is 0.303 e. The van der Waals surface area contributed by atoms with E-state index in [0.29, 0.717) is 30.6 Å². The zero-order valence-electron chi connectivity index (χ0n) is 21.3. The molecule has 1 aliphatic heterocycles. The van der Waals surface area contributed by atoms with Gasteiger partial charge in [-0.05, 0) is 79.3 Å². The number of nitrogens with one attached hydrogen (secondary N) is 1. The molecule has 0 spiro atoms. The van der Waals surface area contributed by atoms with E-state index in [1.54, 1.807) is 38.0 Å². The van der Waals surface area contributed by atoms with Crippen LogP contribution >= 0.6 is 10.0 Å². The van der Waals surface area contributed by atoms with Crippen molar-refractivity contribution in [1.82, 2.24) is 4.90 Å². The highest BCUT2D eigenvalue weighted by Gasteiger charge is 2.43. The van der Waals surface area contributed by atoms with Crippen LogP contribution in [-0.2, 0) is 20.8 Å². The van der Waals surface area contributed by atoms with E-state index in [1.165, 1.54) is 4.90 Å². The number of hydrogen-bond acceptors (Lipinski definition) is 4. The summed E-state index contributed by atoms with van der Waals surface area (Å²) in [7, 11) is -0.137. The van der Waals surface area contributed by atoms with Crippen LogP contribution in [0.5, 0.6) is 5.75 Å². The topological polar surface area (TPSA) is 95.9 Å². The molecule has 1 aliphatic carbocycles. The van der Waals surface area contributed by atoms with Gasteiger partial charge in [-0.1, -0.05) is 6.07 Å². The number of carboxylic acids is 1. The van der Waals surface area contributed by atoms with Crippen LogP contribution in [0, 0.1) is 23.5 Å². The van der Waals surface area contributed by atoms with Gasteiger partial charge in [-0.3, -0.25) is 14.4 Å². The fourth-order valence-corrected chi connectivity index (χ4v) is 6.55. The first kappa shape index (κ1) is 26.9. The van der Waals surface area contributed by atoms with Gasteiger partial charge in [0.25, 0.3) is 5.91 Å². The third-order valence-corrected chi connectivity index (χ3v) is 8.65. The maximum absolute atomic E-state index is 14.8. The predicted molar refractivity (Wildman–Crippen MR) is 138 cm³/mol. The molecule has 1 heterocycles. The molecule has 0 aromatic heterocycles. The van der Waals surface area contributed by atoms with Crippen LogP contribution in [0.15, 0.2) is 35.2 Å². The van der Waals surface area contributed by atoms with Crippen molar-refractivity contribution < 1.29 is 33.0 Å². The first-order valence-corrected chi connectivity index (χ1v) is 14.9. The number of benzene rings is 2. The van der Waals surface area contributed by atoms with Gasteiger partial charge >= 0.3 is 5.97 Å². The lowest BCUT2D eigenvalue weighted by Crippen LogP contribution is -2.50. The number of ether oxygens (including phenoxy) is 1. The van der Waals surface area contributed by atoms with Crippen molar-refractivity contribution >= 4 is 33.5 Å². The van der Waals surface area contributed by atoms with E-state index in [-0.39, 0.29) is 41.3 Å². The molecule has 37 heavy (non-hydrogen) atoms. The number of carbonyl (C=O) groups excluding carboxylic acids is 2. The Bertz CT molecular complexity index is 1220. The number of carbonyl (C=O) groups is 3. The highest BCUT2D eigenvalue weighted by Crippen LogP contribution is 2.48. The van der Waals surface area contributed by atoms with Crippen molar-refractivity contribution in [2.75, 3.05) is 37.7 Å². The number of methoxy groups -OCH3 is 1. The van der Waals surface area contributed by atoms with E-state index in [9.17, 15) is 23.2 Å². The fraction of sp³-hybridized carbons (Fsp3) is 0.444. The van der Waals surface area contributed by atoms with Crippen molar-refractivity contribution in [2.24, 2.45) is 11.8 Å². The van der Waals surface area contributed by atoms with Gasteiger partial charge in [0.1, 0.15) is 23.4 Å². The van der Waals surface area contributed by atoms with Gasteiger partial charge in [0.2, 0.25) is 5.91 Å². The molecule has 2 aromatic carbocycles. The maximum Gasteiger partial charge on any atom is 0.303 e. The maximum atomic E-state index is 14.8. The molecule has 200 valence electrons. The third-order valence-electron chi connectivity index (χ3n) is 7.04. The Kier molecular flexibility index (Phi) is 7.50. The van der Waals surface area contributed by atoms with Crippen LogP contribution in [-0.4, -0.2) is 60.2 Å². The summed E-state index contributed by atoms with van der Waals surface area (Å²) in [5, 5.41) is 11.6. The second kappa shape index (κ2) is 10.3. The molecule has 10 heteroatoms. The van der Waals surface area contributed by atoms with Crippen LogP contribution in [0.3, 0.4) is 0 Å². The van der Waals surface area contributed by atoms with Crippen molar-refractivity contribution in [3.8, 4) is 5.75 Å². The lowest BCUT2D eigenvalue weighted by atomic mass is 9.72. The van der Waals surface area contributed by atoms with Crippen molar-refractivity contribution in [3.63, 3.8) is 0 Å². The Labute approximate surface area is 216 Å². The molecule has 2 amide bonds. The summed E-state index contributed by atoms with van der Waals surface area (Å²) in [4.78, 5) is 39.5. The molecule has 2 aromatic rings. The summed E-state index contributed by atoms with van der Waals surface area (Å²) < 4.78 is 35.0. The summed E-state index contributed by atoms with van der Waals surface area (Å²) in [6.07, 6.45) is 6.79. The summed E-state index contributed by atoms with van der Waals surface area (Å²) in [6, 6.07) is 6.49. The van der Waals surface area contributed by atoms with Crippen LogP contribution in [0.1, 0.15) is 36.4 Å². The van der Waals surface area contributed by atoms with Gasteiger partial charge in [-0.2, -0.15) is 0 Å². The summed E-state index contributed by atoms with van der Waals surface area (Å²) in [5.74, 6) is -2.93. The van der Waals surface area contributed by atoms with Crippen LogP contribution < -0.4 is 10.1 Å². The highest BCUT2D eigenvalue weighted by molar-refractivity contribution is 8.32.